The third-order valence-electron chi connectivity index (χ3n) is 9.21. The summed E-state index contributed by atoms with van der Waals surface area (Å²) in [6.45, 7) is 20.9. The number of phenolic OH excluding ortho intramolecular Hbond substituents is 2. The minimum absolute atomic E-state index is 0.0691. The van der Waals surface area contributed by atoms with E-state index in [1.165, 1.54) is 0 Å². The van der Waals surface area contributed by atoms with Crippen LogP contribution in [0.5, 0.6) is 11.5 Å². The molecule has 246 valence electrons. The first-order chi connectivity index (χ1) is 22.5. The van der Waals surface area contributed by atoms with Crippen molar-refractivity contribution in [2.45, 2.75) is 80.1 Å². The van der Waals surface area contributed by atoms with Gasteiger partial charge in [-0.1, -0.05) is 53.7 Å². The zero-order chi connectivity index (χ0) is 34.7. The Balaban J connectivity index is 1.40. The molecule has 0 aliphatic heterocycles. The lowest BCUT2D eigenvalue weighted by molar-refractivity contribution is 0.470. The minimum atomic E-state index is -0.0691. The van der Waals surface area contributed by atoms with Gasteiger partial charge in [0.1, 0.15) is 22.5 Å². The molecule has 0 atom stereocenters. The van der Waals surface area contributed by atoms with Gasteiger partial charge in [0, 0.05) is 23.6 Å². The van der Waals surface area contributed by atoms with Crippen LogP contribution < -0.4 is 0 Å². The van der Waals surface area contributed by atoms with Crippen LogP contribution in [0.1, 0.15) is 86.1 Å². The Morgan fingerprint density at radius 3 is 1.29 bits per heavy atom. The molecule has 48 heavy (non-hydrogen) atoms. The molecule has 0 saturated heterocycles. The van der Waals surface area contributed by atoms with Gasteiger partial charge < -0.3 is 20.2 Å². The Bertz CT molecular complexity index is 2110. The van der Waals surface area contributed by atoms with Crippen LogP contribution in [0, 0.1) is 27.7 Å². The van der Waals surface area contributed by atoms with Crippen LogP contribution in [0.4, 0.5) is 11.4 Å². The molecule has 0 aliphatic rings. The van der Waals surface area contributed by atoms with Crippen molar-refractivity contribution in [1.82, 2.24) is 19.9 Å². The van der Waals surface area contributed by atoms with Crippen LogP contribution >= 0.6 is 0 Å². The number of rotatable bonds is 5. The number of H-pyrrole nitrogens is 2. The van der Waals surface area contributed by atoms with E-state index in [9.17, 15) is 10.2 Å². The highest BCUT2D eigenvalue weighted by atomic mass is 16.3. The normalized spacial score (nSPS) is 12.8. The number of fused-ring (bicyclic) bond motifs is 2. The summed E-state index contributed by atoms with van der Waals surface area (Å²) in [5.41, 5.74) is 12.0. The van der Waals surface area contributed by atoms with Gasteiger partial charge in [0.25, 0.3) is 0 Å². The Morgan fingerprint density at radius 2 is 0.958 bits per heavy atom. The highest BCUT2D eigenvalue weighted by Crippen LogP contribution is 2.36. The fourth-order valence-corrected chi connectivity index (χ4v) is 5.77. The number of nitrogens with one attached hydrogen (secondary N) is 2. The van der Waals surface area contributed by atoms with Gasteiger partial charge in [-0.05, 0) is 108 Å². The maximum Gasteiger partial charge on any atom is 0.174 e. The number of aromatic amines is 2. The lowest BCUT2D eigenvalue weighted by Gasteiger charge is -2.19. The monoisotopic (exact) mass is 640 g/mol. The molecule has 0 amide bonds. The summed E-state index contributed by atoms with van der Waals surface area (Å²) >= 11 is 0. The molecule has 8 heteroatoms. The van der Waals surface area contributed by atoms with Gasteiger partial charge in [0.05, 0.1) is 22.4 Å². The number of hydrogen-bond acceptors (Lipinski definition) is 6. The fraction of sp³-hybridized carbons (Fsp3) is 0.300. The molecule has 2 heterocycles. The third kappa shape index (κ3) is 6.10. The van der Waals surface area contributed by atoms with Gasteiger partial charge in [-0.2, -0.15) is 0 Å². The van der Waals surface area contributed by atoms with Crippen molar-refractivity contribution < 1.29 is 10.2 Å². The molecule has 8 nitrogen and oxygen atoms in total. The van der Waals surface area contributed by atoms with Gasteiger partial charge in [0.2, 0.25) is 0 Å². The van der Waals surface area contributed by atoms with E-state index in [0.717, 1.165) is 66.8 Å². The number of hydrogen-bond donors (Lipinski definition) is 4. The number of phenols is 2. The van der Waals surface area contributed by atoms with Crippen LogP contribution in [0.25, 0.3) is 33.7 Å². The van der Waals surface area contributed by atoms with E-state index >= 15 is 0 Å². The highest BCUT2D eigenvalue weighted by Gasteiger charge is 2.20. The van der Waals surface area contributed by atoms with Gasteiger partial charge >= 0.3 is 0 Å². The smallest absolute Gasteiger partial charge is 0.174 e. The Morgan fingerprint density at radius 1 is 0.583 bits per heavy atom. The molecule has 0 radical (unpaired) electrons. The van der Waals surface area contributed by atoms with Crippen molar-refractivity contribution in [2.75, 3.05) is 0 Å². The van der Waals surface area contributed by atoms with E-state index in [0.29, 0.717) is 22.8 Å². The second kappa shape index (κ2) is 11.8. The second-order valence-corrected chi connectivity index (χ2v) is 14.9. The van der Waals surface area contributed by atoms with Gasteiger partial charge in [-0.25, -0.2) is 9.97 Å². The van der Waals surface area contributed by atoms with Crippen molar-refractivity contribution in [3.05, 3.63) is 93.0 Å². The number of benzene rings is 4. The Hall–Kier alpha value is -5.24. The molecule has 0 bridgehead atoms. The van der Waals surface area contributed by atoms with Crippen LogP contribution in [-0.4, -0.2) is 42.6 Å². The number of nitrogens with zero attached hydrogens (tertiary/aromatic N) is 4. The molecule has 0 spiro atoms. The molecular weight excluding hydrogens is 596 g/mol. The average Bonchev–Trinajstić information content (AvgIpc) is 3.62. The van der Waals surface area contributed by atoms with Crippen LogP contribution in [-0.2, 0) is 10.8 Å². The van der Waals surface area contributed by atoms with E-state index in [1.54, 1.807) is 24.6 Å². The summed E-state index contributed by atoms with van der Waals surface area (Å²) in [6.07, 6.45) is 3.39. The van der Waals surface area contributed by atoms with E-state index < -0.39 is 0 Å². The number of imidazole rings is 2. The van der Waals surface area contributed by atoms with Crippen molar-refractivity contribution in [1.29, 1.82) is 0 Å². The SMILES string of the molecule is Cc1cc2[nH]c(-c3nc4c(N=Cc5ccc(C(C)(C)C)cc5O)c(C)c(C)cc4[nH]3)nc2c(N=Cc2ccc(C(C)(C)C)cc2O)c1C. The average molecular weight is 641 g/mol. The fourth-order valence-electron chi connectivity index (χ4n) is 5.77. The quantitative estimate of drug-likeness (QED) is 0.140. The van der Waals surface area contributed by atoms with E-state index in [1.807, 2.05) is 38.1 Å². The van der Waals surface area contributed by atoms with Crippen LogP contribution in [0.15, 0.2) is 58.5 Å². The summed E-state index contributed by atoms with van der Waals surface area (Å²) < 4.78 is 0. The molecule has 6 rings (SSSR count). The van der Waals surface area contributed by atoms with E-state index in [4.69, 9.17) is 20.0 Å². The number of aromatic nitrogens is 4. The third-order valence-corrected chi connectivity index (χ3v) is 9.21. The van der Waals surface area contributed by atoms with Crippen LogP contribution in [0.2, 0.25) is 0 Å². The zero-order valence-corrected chi connectivity index (χ0v) is 29.5. The predicted octanol–water partition coefficient (Wildman–Crippen LogP) is 9.85. The largest absolute Gasteiger partial charge is 0.507 e. The van der Waals surface area contributed by atoms with Gasteiger partial charge in [-0.3, -0.25) is 9.98 Å². The molecule has 0 unspecified atom stereocenters. The van der Waals surface area contributed by atoms with Crippen molar-refractivity contribution in [2.24, 2.45) is 9.98 Å². The number of aryl methyl sites for hydroxylation is 2. The topological polar surface area (TPSA) is 123 Å². The Kier molecular flexibility index (Phi) is 8.02. The molecule has 4 N–H and O–H groups in total. The first-order valence-electron chi connectivity index (χ1n) is 16.3. The molecule has 0 saturated carbocycles. The lowest BCUT2D eigenvalue weighted by Crippen LogP contribution is -2.10. The summed E-state index contributed by atoms with van der Waals surface area (Å²) in [5, 5.41) is 21.5. The minimum Gasteiger partial charge on any atom is -0.507 e. The maximum atomic E-state index is 10.8. The highest BCUT2D eigenvalue weighted by molar-refractivity contribution is 5.97. The molecule has 2 aromatic heterocycles. The molecule has 4 aromatic carbocycles. The summed E-state index contributed by atoms with van der Waals surface area (Å²) in [5.74, 6) is 1.55. The first kappa shape index (κ1) is 32.7. The second-order valence-electron chi connectivity index (χ2n) is 14.9. The van der Waals surface area contributed by atoms with E-state index in [2.05, 4.69) is 77.5 Å². The first-order valence-corrected chi connectivity index (χ1v) is 16.3. The lowest BCUT2D eigenvalue weighted by atomic mass is 9.86. The summed E-state index contributed by atoms with van der Waals surface area (Å²) in [7, 11) is 0. The predicted molar refractivity (Wildman–Crippen MR) is 198 cm³/mol. The standard InChI is InChI=1S/C40H44N6O2/c1-21-15-29-35(33(23(21)3)41-19-25-11-13-27(17-31(25)47)39(5,6)7)45-37(43-29)38-44-30-16-22(2)24(4)34(36(30)46-38)42-20-26-12-14-28(18-32(26)48)40(8,9)10/h11-20,47-48H,1-10H3,(H,43,45)(H,44,46). The van der Waals surface area contributed by atoms with Gasteiger partial charge in [0.15, 0.2) is 11.6 Å². The summed E-state index contributed by atoms with van der Waals surface area (Å²) in [4.78, 5) is 26.5. The van der Waals surface area contributed by atoms with Crippen molar-refractivity contribution in [3.8, 4) is 23.1 Å². The maximum absolute atomic E-state index is 10.8. The zero-order valence-electron chi connectivity index (χ0n) is 29.5. The number of aliphatic imine (C=N–C) groups is 2. The molecule has 0 aliphatic carbocycles. The van der Waals surface area contributed by atoms with Gasteiger partial charge in [-0.15, -0.1) is 0 Å². The van der Waals surface area contributed by atoms with Crippen molar-refractivity contribution in [3.63, 3.8) is 0 Å². The molecular formula is C40H44N6O2. The van der Waals surface area contributed by atoms with Crippen LogP contribution in [0.3, 0.4) is 0 Å². The Labute approximate surface area is 281 Å². The molecule has 0 fully saturated rings. The van der Waals surface area contributed by atoms with E-state index in [-0.39, 0.29) is 22.3 Å². The summed E-state index contributed by atoms with van der Waals surface area (Å²) in [6, 6.07) is 15.6. The van der Waals surface area contributed by atoms with Crippen molar-refractivity contribution >= 4 is 45.9 Å². The molecule has 6 aromatic rings. The number of aromatic hydroxyl groups is 2.